The van der Waals surface area contributed by atoms with Crippen LogP contribution in [0.25, 0.3) is 5.69 Å². The van der Waals surface area contributed by atoms with Crippen LogP contribution in [0.1, 0.15) is 42.5 Å². The molecule has 8 heteroatoms. The van der Waals surface area contributed by atoms with Gasteiger partial charge in [0.25, 0.3) is 5.91 Å². The first kappa shape index (κ1) is 15.1. The summed E-state index contributed by atoms with van der Waals surface area (Å²) in [6.07, 6.45) is 6.52. The van der Waals surface area contributed by atoms with E-state index in [0.717, 1.165) is 18.5 Å². The summed E-state index contributed by atoms with van der Waals surface area (Å²) in [6.45, 7) is 0. The van der Waals surface area contributed by atoms with Crippen LogP contribution in [0.4, 0.5) is 0 Å². The van der Waals surface area contributed by atoms with Gasteiger partial charge in [-0.1, -0.05) is 12.8 Å². The molecule has 23 heavy (non-hydrogen) atoms. The molecule has 0 unspecified atom stereocenters. The highest BCUT2D eigenvalue weighted by Crippen LogP contribution is 2.27. The Morgan fingerprint density at radius 3 is 2.52 bits per heavy atom. The van der Waals surface area contributed by atoms with E-state index in [9.17, 15) is 9.59 Å². The Kier molecular flexibility index (Phi) is 4.60. The first-order valence-electron chi connectivity index (χ1n) is 7.65. The fraction of sp³-hybridized carbons (Fsp3) is 0.400. The monoisotopic (exact) mass is 314 g/mol. The molecule has 0 atom stereocenters. The highest BCUT2D eigenvalue weighted by Gasteiger charge is 2.18. The van der Waals surface area contributed by atoms with E-state index in [4.69, 9.17) is 0 Å². The van der Waals surface area contributed by atoms with Crippen LogP contribution >= 0.6 is 0 Å². The molecule has 8 nitrogen and oxygen atoms in total. The molecular weight excluding hydrogens is 296 g/mol. The van der Waals surface area contributed by atoms with Crippen molar-refractivity contribution in [1.29, 1.82) is 0 Å². The molecular formula is C15H18N6O2. The van der Waals surface area contributed by atoms with E-state index in [1.807, 2.05) is 0 Å². The van der Waals surface area contributed by atoms with Gasteiger partial charge in [0.1, 0.15) is 6.33 Å². The molecule has 2 aromatic rings. The summed E-state index contributed by atoms with van der Waals surface area (Å²) in [5.74, 6) is -0.0499. The molecule has 3 rings (SSSR count). The number of amides is 2. The van der Waals surface area contributed by atoms with E-state index in [1.165, 1.54) is 23.9 Å². The maximum absolute atomic E-state index is 12.0. The largest absolute Gasteiger partial charge is 0.273 e. The predicted octanol–water partition coefficient (Wildman–Crippen LogP) is 1.00. The smallest absolute Gasteiger partial charge is 0.269 e. The van der Waals surface area contributed by atoms with Gasteiger partial charge in [-0.15, -0.1) is 5.10 Å². The van der Waals surface area contributed by atoms with Gasteiger partial charge in [-0.2, -0.15) is 0 Å². The molecule has 1 saturated carbocycles. The quantitative estimate of drug-likeness (QED) is 0.820. The van der Waals surface area contributed by atoms with Crippen molar-refractivity contribution in [1.82, 2.24) is 31.1 Å². The van der Waals surface area contributed by atoms with Gasteiger partial charge in [-0.25, -0.2) is 4.68 Å². The molecule has 2 N–H and O–H groups in total. The molecule has 1 aromatic heterocycles. The molecule has 0 saturated heterocycles. The van der Waals surface area contributed by atoms with E-state index in [-0.39, 0.29) is 11.8 Å². The van der Waals surface area contributed by atoms with E-state index in [2.05, 4.69) is 26.4 Å². The molecule has 120 valence electrons. The van der Waals surface area contributed by atoms with Crippen LogP contribution in [0.15, 0.2) is 30.6 Å². The second kappa shape index (κ2) is 6.99. The minimum atomic E-state index is -0.354. The SMILES string of the molecule is O=C(CC1CCCC1)NNC(=O)c1ccc(-n2cnnn2)cc1. The number of nitrogens with zero attached hydrogens (tertiary/aromatic N) is 4. The van der Waals surface area contributed by atoms with Crippen LogP contribution in [-0.2, 0) is 4.79 Å². The maximum Gasteiger partial charge on any atom is 0.269 e. The van der Waals surface area contributed by atoms with Gasteiger partial charge in [-0.05, 0) is 53.5 Å². The second-order valence-corrected chi connectivity index (χ2v) is 5.66. The van der Waals surface area contributed by atoms with Crippen molar-refractivity contribution in [2.45, 2.75) is 32.1 Å². The van der Waals surface area contributed by atoms with Crippen LogP contribution in [0.2, 0.25) is 0 Å². The predicted molar refractivity (Wildman–Crippen MR) is 81.3 cm³/mol. The van der Waals surface area contributed by atoms with Crippen LogP contribution in [0, 0.1) is 5.92 Å². The van der Waals surface area contributed by atoms with Crippen LogP contribution in [-0.4, -0.2) is 32.0 Å². The highest BCUT2D eigenvalue weighted by atomic mass is 16.2. The van der Waals surface area contributed by atoms with Gasteiger partial charge >= 0.3 is 0 Å². The fourth-order valence-corrected chi connectivity index (χ4v) is 2.77. The number of tetrazole rings is 1. The number of aromatic nitrogens is 4. The average molecular weight is 314 g/mol. The minimum Gasteiger partial charge on any atom is -0.273 e. The Morgan fingerprint density at radius 1 is 1.13 bits per heavy atom. The molecule has 1 fully saturated rings. The molecule has 1 aliphatic carbocycles. The zero-order valence-electron chi connectivity index (χ0n) is 12.6. The summed E-state index contributed by atoms with van der Waals surface area (Å²) in [4.78, 5) is 23.8. The van der Waals surface area contributed by atoms with Crippen LogP contribution in [0.3, 0.4) is 0 Å². The first-order valence-corrected chi connectivity index (χ1v) is 7.65. The van der Waals surface area contributed by atoms with Gasteiger partial charge in [0.15, 0.2) is 0 Å². The Hall–Kier alpha value is -2.77. The lowest BCUT2D eigenvalue weighted by Crippen LogP contribution is -2.42. The molecule has 2 amide bonds. The Morgan fingerprint density at radius 2 is 1.87 bits per heavy atom. The number of benzene rings is 1. The number of nitrogens with one attached hydrogen (secondary N) is 2. The highest BCUT2D eigenvalue weighted by molar-refractivity contribution is 5.95. The number of hydrogen-bond donors (Lipinski definition) is 2. The van der Waals surface area contributed by atoms with Gasteiger partial charge in [0, 0.05) is 12.0 Å². The third kappa shape index (κ3) is 3.91. The maximum atomic E-state index is 12.0. The fourth-order valence-electron chi connectivity index (χ4n) is 2.77. The van der Waals surface area contributed by atoms with Crippen molar-refractivity contribution in [3.05, 3.63) is 36.2 Å². The molecule has 0 radical (unpaired) electrons. The van der Waals surface area contributed by atoms with Crippen LogP contribution < -0.4 is 10.9 Å². The van der Waals surface area contributed by atoms with Crippen molar-refractivity contribution in [3.8, 4) is 5.69 Å². The third-order valence-corrected chi connectivity index (χ3v) is 4.01. The Labute approximate surface area is 133 Å². The Balaban J connectivity index is 1.50. The summed E-state index contributed by atoms with van der Waals surface area (Å²) in [6, 6.07) is 6.75. The third-order valence-electron chi connectivity index (χ3n) is 4.01. The van der Waals surface area contributed by atoms with Crippen LogP contribution in [0.5, 0.6) is 0 Å². The number of carbonyl (C=O) groups is 2. The van der Waals surface area contributed by atoms with Crippen molar-refractivity contribution >= 4 is 11.8 Å². The Bertz CT molecular complexity index is 662. The lowest BCUT2D eigenvalue weighted by molar-refractivity contribution is -0.122. The zero-order valence-corrected chi connectivity index (χ0v) is 12.6. The number of rotatable bonds is 4. The van der Waals surface area contributed by atoms with Gasteiger partial charge in [0.05, 0.1) is 5.69 Å². The zero-order chi connectivity index (χ0) is 16.1. The molecule has 1 aliphatic rings. The molecule has 0 bridgehead atoms. The van der Waals surface area contributed by atoms with Gasteiger partial charge in [0.2, 0.25) is 5.91 Å². The van der Waals surface area contributed by atoms with Gasteiger partial charge < -0.3 is 0 Å². The lowest BCUT2D eigenvalue weighted by atomic mass is 10.0. The lowest BCUT2D eigenvalue weighted by Gasteiger charge is -2.10. The molecule has 0 aliphatic heterocycles. The number of hydrazine groups is 1. The standard InChI is InChI=1S/C15H18N6O2/c22-14(9-11-3-1-2-4-11)17-18-15(23)12-5-7-13(8-6-12)21-10-16-19-20-21/h5-8,10-11H,1-4,9H2,(H,17,22)(H,18,23). The second-order valence-electron chi connectivity index (χ2n) is 5.66. The summed E-state index contributed by atoms with van der Waals surface area (Å²) in [5.41, 5.74) is 6.11. The van der Waals surface area contributed by atoms with Crippen molar-refractivity contribution in [2.24, 2.45) is 5.92 Å². The number of carbonyl (C=O) groups excluding carboxylic acids is 2. The van der Waals surface area contributed by atoms with E-state index in [1.54, 1.807) is 24.3 Å². The molecule has 1 aromatic carbocycles. The summed E-state index contributed by atoms with van der Waals surface area (Å²) >= 11 is 0. The summed E-state index contributed by atoms with van der Waals surface area (Å²) in [7, 11) is 0. The van der Waals surface area contributed by atoms with E-state index in [0.29, 0.717) is 17.9 Å². The van der Waals surface area contributed by atoms with Crippen molar-refractivity contribution in [2.75, 3.05) is 0 Å². The normalized spacial score (nSPS) is 14.6. The number of hydrogen-bond acceptors (Lipinski definition) is 5. The summed E-state index contributed by atoms with van der Waals surface area (Å²) in [5, 5.41) is 10.9. The topological polar surface area (TPSA) is 102 Å². The van der Waals surface area contributed by atoms with Crippen molar-refractivity contribution in [3.63, 3.8) is 0 Å². The minimum absolute atomic E-state index is 0.143. The average Bonchev–Trinajstić information content (AvgIpc) is 3.26. The van der Waals surface area contributed by atoms with E-state index < -0.39 is 0 Å². The van der Waals surface area contributed by atoms with Crippen molar-refractivity contribution < 1.29 is 9.59 Å². The first-order chi connectivity index (χ1) is 11.2. The summed E-state index contributed by atoms with van der Waals surface area (Å²) < 4.78 is 1.49. The molecule has 0 spiro atoms. The van der Waals surface area contributed by atoms with E-state index >= 15 is 0 Å². The van der Waals surface area contributed by atoms with Gasteiger partial charge in [-0.3, -0.25) is 20.4 Å². The molecule has 1 heterocycles.